The number of aliphatic hydroxyl groups excluding tert-OH is 1. The first-order chi connectivity index (χ1) is 9.66. The zero-order chi connectivity index (χ0) is 14.1. The fraction of sp³-hybridized carbons (Fsp3) is 0.250. The first-order valence-electron chi connectivity index (χ1n) is 6.54. The van der Waals surface area contributed by atoms with Crippen LogP contribution in [0.3, 0.4) is 0 Å². The number of para-hydroxylation sites is 1. The van der Waals surface area contributed by atoms with E-state index in [1.165, 1.54) is 0 Å². The van der Waals surface area contributed by atoms with Gasteiger partial charge in [0.2, 0.25) is 0 Å². The van der Waals surface area contributed by atoms with Crippen LogP contribution < -0.4 is 4.74 Å². The van der Waals surface area contributed by atoms with Gasteiger partial charge in [0.05, 0.1) is 6.61 Å². The van der Waals surface area contributed by atoms with Gasteiger partial charge in [-0.3, -0.25) is 0 Å². The predicted octanol–water partition coefficient (Wildman–Crippen LogP) is 4.51. The highest BCUT2D eigenvalue weighted by molar-refractivity contribution is 9.10. The van der Waals surface area contributed by atoms with Crippen LogP contribution in [-0.2, 0) is 6.42 Å². The Morgan fingerprint density at radius 3 is 2.85 bits per heavy atom. The lowest BCUT2D eigenvalue weighted by Gasteiger charge is -2.23. The van der Waals surface area contributed by atoms with Crippen molar-refractivity contribution in [3.63, 3.8) is 0 Å². The number of hydrogen-bond acceptors (Lipinski definition) is 2. The van der Waals surface area contributed by atoms with Crippen LogP contribution in [0.2, 0.25) is 5.02 Å². The third kappa shape index (κ3) is 2.58. The zero-order valence-corrected chi connectivity index (χ0v) is 13.1. The summed E-state index contributed by atoms with van der Waals surface area (Å²) in [7, 11) is 0. The van der Waals surface area contributed by atoms with E-state index >= 15 is 0 Å². The molecule has 2 aromatic carbocycles. The molecule has 0 spiro atoms. The molecule has 0 aromatic heterocycles. The van der Waals surface area contributed by atoms with Crippen molar-refractivity contribution in [1.29, 1.82) is 0 Å². The first kappa shape index (κ1) is 13.9. The molecule has 1 unspecified atom stereocenters. The molecule has 4 heteroatoms. The third-order valence-corrected chi connectivity index (χ3v) is 4.44. The molecule has 1 atom stereocenters. The van der Waals surface area contributed by atoms with E-state index < -0.39 is 6.10 Å². The summed E-state index contributed by atoms with van der Waals surface area (Å²) >= 11 is 9.40. The Balaban J connectivity index is 2.04. The Bertz CT molecular complexity index is 642. The molecule has 1 heterocycles. The number of halogens is 2. The van der Waals surface area contributed by atoms with Crippen LogP contribution in [0.1, 0.15) is 29.2 Å². The fourth-order valence-corrected chi connectivity index (χ4v) is 3.42. The van der Waals surface area contributed by atoms with Gasteiger partial charge in [0.15, 0.2) is 0 Å². The van der Waals surface area contributed by atoms with Crippen molar-refractivity contribution in [3.05, 3.63) is 62.6 Å². The number of aliphatic hydroxyl groups is 1. The van der Waals surface area contributed by atoms with Crippen molar-refractivity contribution in [1.82, 2.24) is 0 Å². The van der Waals surface area contributed by atoms with Crippen LogP contribution in [0.15, 0.2) is 40.9 Å². The summed E-state index contributed by atoms with van der Waals surface area (Å²) in [5.41, 5.74) is 2.76. The lowest BCUT2D eigenvalue weighted by atomic mass is 9.95. The van der Waals surface area contributed by atoms with Crippen molar-refractivity contribution in [3.8, 4) is 5.75 Å². The molecule has 3 rings (SSSR count). The predicted molar refractivity (Wildman–Crippen MR) is 83.5 cm³/mol. The van der Waals surface area contributed by atoms with Gasteiger partial charge in [0, 0.05) is 15.1 Å². The zero-order valence-electron chi connectivity index (χ0n) is 10.8. The summed E-state index contributed by atoms with van der Waals surface area (Å²) in [6, 6.07) is 11.3. The standard InChI is InChI=1S/C16H14BrClO2/c17-14-9-11(18)6-7-12(14)15(19)13-5-1-3-10-4-2-8-20-16(10)13/h1,3,5-7,9,15,19H,2,4,8H2. The maximum Gasteiger partial charge on any atom is 0.128 e. The highest BCUT2D eigenvalue weighted by Gasteiger charge is 2.22. The van der Waals surface area contributed by atoms with Gasteiger partial charge in [-0.15, -0.1) is 0 Å². The van der Waals surface area contributed by atoms with E-state index in [1.54, 1.807) is 12.1 Å². The van der Waals surface area contributed by atoms with Crippen LogP contribution in [0.5, 0.6) is 5.75 Å². The minimum Gasteiger partial charge on any atom is -0.493 e. The molecule has 0 saturated carbocycles. The summed E-state index contributed by atoms with van der Waals surface area (Å²) in [6.07, 6.45) is 1.30. The van der Waals surface area contributed by atoms with Gasteiger partial charge in [-0.1, -0.05) is 51.8 Å². The van der Waals surface area contributed by atoms with Crippen molar-refractivity contribution in [2.75, 3.05) is 6.61 Å². The maximum absolute atomic E-state index is 10.7. The van der Waals surface area contributed by atoms with Crippen molar-refractivity contribution in [2.45, 2.75) is 18.9 Å². The lowest BCUT2D eigenvalue weighted by Crippen LogP contribution is -2.12. The van der Waals surface area contributed by atoms with Crippen LogP contribution in [0, 0.1) is 0 Å². The van der Waals surface area contributed by atoms with Crippen LogP contribution in [0.25, 0.3) is 0 Å². The van der Waals surface area contributed by atoms with Crippen LogP contribution in [0.4, 0.5) is 0 Å². The number of ether oxygens (including phenoxy) is 1. The smallest absolute Gasteiger partial charge is 0.128 e. The molecular weight excluding hydrogens is 340 g/mol. The fourth-order valence-electron chi connectivity index (χ4n) is 2.52. The Morgan fingerprint density at radius 1 is 1.20 bits per heavy atom. The molecule has 0 fully saturated rings. The molecule has 0 saturated heterocycles. The highest BCUT2D eigenvalue weighted by atomic mass is 79.9. The molecule has 20 heavy (non-hydrogen) atoms. The second kappa shape index (κ2) is 5.76. The number of hydrogen-bond donors (Lipinski definition) is 1. The molecule has 2 aromatic rings. The van der Waals surface area contributed by atoms with E-state index in [1.807, 2.05) is 18.2 Å². The molecule has 0 amide bonds. The van der Waals surface area contributed by atoms with Gasteiger partial charge in [0.1, 0.15) is 11.9 Å². The van der Waals surface area contributed by atoms with E-state index in [4.69, 9.17) is 16.3 Å². The molecule has 1 aliphatic rings. The third-order valence-electron chi connectivity index (χ3n) is 3.52. The van der Waals surface area contributed by atoms with E-state index in [2.05, 4.69) is 22.0 Å². The SMILES string of the molecule is OC(c1ccc(Cl)cc1Br)c1cccc2c1OCCC2. The average Bonchev–Trinajstić information content (AvgIpc) is 2.46. The second-order valence-electron chi connectivity index (χ2n) is 4.86. The van der Waals surface area contributed by atoms with E-state index in [0.29, 0.717) is 11.6 Å². The van der Waals surface area contributed by atoms with Gasteiger partial charge < -0.3 is 9.84 Å². The largest absolute Gasteiger partial charge is 0.493 e. The van der Waals surface area contributed by atoms with Gasteiger partial charge in [-0.2, -0.15) is 0 Å². The van der Waals surface area contributed by atoms with E-state index in [9.17, 15) is 5.11 Å². The quantitative estimate of drug-likeness (QED) is 0.861. The molecule has 1 aliphatic heterocycles. The number of aryl methyl sites for hydroxylation is 1. The molecule has 0 bridgehead atoms. The number of benzene rings is 2. The molecule has 1 N–H and O–H groups in total. The molecule has 2 nitrogen and oxygen atoms in total. The van der Waals surface area contributed by atoms with Gasteiger partial charge in [-0.05, 0) is 36.1 Å². The summed E-state index contributed by atoms with van der Waals surface area (Å²) in [5, 5.41) is 11.3. The second-order valence-corrected chi connectivity index (χ2v) is 6.15. The lowest BCUT2D eigenvalue weighted by molar-refractivity contribution is 0.206. The number of fused-ring (bicyclic) bond motifs is 1. The normalized spacial score (nSPS) is 15.3. The Kier molecular flexibility index (Phi) is 4.01. The summed E-state index contributed by atoms with van der Waals surface area (Å²) in [5.74, 6) is 0.827. The van der Waals surface area contributed by atoms with Crippen LogP contribution >= 0.6 is 27.5 Å². The maximum atomic E-state index is 10.7. The summed E-state index contributed by atoms with van der Waals surface area (Å²) in [4.78, 5) is 0. The minimum atomic E-state index is -0.727. The first-order valence-corrected chi connectivity index (χ1v) is 7.71. The van der Waals surface area contributed by atoms with E-state index in [0.717, 1.165) is 39.8 Å². The topological polar surface area (TPSA) is 29.5 Å². The Labute approximate surface area is 131 Å². The van der Waals surface area contributed by atoms with Gasteiger partial charge in [0.25, 0.3) is 0 Å². The van der Waals surface area contributed by atoms with E-state index in [-0.39, 0.29) is 0 Å². The van der Waals surface area contributed by atoms with Crippen molar-refractivity contribution in [2.24, 2.45) is 0 Å². The minimum absolute atomic E-state index is 0.638. The monoisotopic (exact) mass is 352 g/mol. The molecule has 0 radical (unpaired) electrons. The summed E-state index contributed by atoms with van der Waals surface area (Å²) in [6.45, 7) is 0.707. The molecule has 104 valence electrons. The van der Waals surface area contributed by atoms with Gasteiger partial charge in [-0.25, -0.2) is 0 Å². The van der Waals surface area contributed by atoms with Crippen LogP contribution in [-0.4, -0.2) is 11.7 Å². The van der Waals surface area contributed by atoms with Crippen molar-refractivity contribution >= 4 is 27.5 Å². The Hall–Kier alpha value is -1.03. The number of rotatable bonds is 2. The average molecular weight is 354 g/mol. The van der Waals surface area contributed by atoms with Gasteiger partial charge >= 0.3 is 0 Å². The van der Waals surface area contributed by atoms with Crippen molar-refractivity contribution < 1.29 is 9.84 Å². The summed E-state index contributed by atoms with van der Waals surface area (Å²) < 4.78 is 6.56. The molecular formula is C16H14BrClO2. The Morgan fingerprint density at radius 2 is 2.05 bits per heavy atom. The highest BCUT2D eigenvalue weighted by Crippen LogP contribution is 2.38. The molecule has 0 aliphatic carbocycles.